The molecule has 120 valence electrons. The molecule has 1 atom stereocenters. The van der Waals surface area contributed by atoms with E-state index in [1.54, 1.807) is 0 Å². The van der Waals surface area contributed by atoms with Gasteiger partial charge in [0.15, 0.2) is 0 Å². The molecule has 1 amide bonds. The molecule has 0 aliphatic heterocycles. The molecule has 0 spiro atoms. The van der Waals surface area contributed by atoms with Crippen molar-refractivity contribution in [2.24, 2.45) is 0 Å². The first-order chi connectivity index (χ1) is 9.95. The summed E-state index contributed by atoms with van der Waals surface area (Å²) in [5.74, 6) is 0.243. The van der Waals surface area contributed by atoms with Gasteiger partial charge in [0, 0.05) is 0 Å². The van der Waals surface area contributed by atoms with E-state index in [-0.39, 0.29) is 11.6 Å². The van der Waals surface area contributed by atoms with E-state index in [9.17, 15) is 4.79 Å². The molecule has 1 unspecified atom stereocenters. The summed E-state index contributed by atoms with van der Waals surface area (Å²) in [5, 5.41) is 3.23. The van der Waals surface area contributed by atoms with Crippen LogP contribution in [0.25, 0.3) is 0 Å². The molecule has 2 nitrogen and oxygen atoms in total. The van der Waals surface area contributed by atoms with E-state index in [0.29, 0.717) is 0 Å². The minimum absolute atomic E-state index is 0.219. The average molecular weight is 309 g/mol. The first kappa shape index (κ1) is 18.2. The van der Waals surface area contributed by atoms with Gasteiger partial charge in [-0.15, -0.1) is 0 Å². The van der Waals surface area contributed by atoms with Gasteiger partial charge in [0.05, 0.1) is 0 Å². The number of nitrogens with one attached hydrogen (secondary N) is 1. The van der Waals surface area contributed by atoms with Gasteiger partial charge in [-0.25, -0.2) is 0 Å². The van der Waals surface area contributed by atoms with E-state index < -0.39 is 7.26 Å². The van der Waals surface area contributed by atoms with Gasteiger partial charge in [-0.1, -0.05) is 0 Å². The number of rotatable bonds is 7. The quantitative estimate of drug-likeness (QED) is 0.718. The molecule has 0 aliphatic rings. The van der Waals surface area contributed by atoms with Crippen LogP contribution in [0, 0.1) is 13.8 Å². The van der Waals surface area contributed by atoms with Crippen molar-refractivity contribution in [3.63, 3.8) is 0 Å². The van der Waals surface area contributed by atoms with Gasteiger partial charge in [0.1, 0.15) is 0 Å². The van der Waals surface area contributed by atoms with E-state index in [1.807, 2.05) is 6.07 Å². The third kappa shape index (κ3) is 3.86. The Morgan fingerprint density at radius 1 is 1.05 bits per heavy atom. The molecule has 1 N–H and O–H groups in total. The van der Waals surface area contributed by atoms with Crippen LogP contribution in [0.5, 0.6) is 0 Å². The zero-order valence-electron chi connectivity index (χ0n) is 14.5. The van der Waals surface area contributed by atoms with Crippen LogP contribution in [0.1, 0.15) is 45.2 Å². The Morgan fingerprint density at radius 2 is 1.52 bits per heavy atom. The summed E-state index contributed by atoms with van der Waals surface area (Å²) >= 11 is 0. The topological polar surface area (TPSA) is 29.1 Å². The monoisotopic (exact) mass is 309 g/mol. The van der Waals surface area contributed by atoms with Crippen LogP contribution in [-0.4, -0.2) is 30.1 Å². The second-order valence-electron chi connectivity index (χ2n) is 6.14. The zero-order chi connectivity index (χ0) is 16.0. The van der Waals surface area contributed by atoms with Crippen molar-refractivity contribution in [3.8, 4) is 0 Å². The summed E-state index contributed by atoms with van der Waals surface area (Å²) in [7, 11) is -1.51. The van der Waals surface area contributed by atoms with Crippen LogP contribution in [0.3, 0.4) is 0 Å². The second kappa shape index (κ2) is 7.94. The number of carbonyl (C=O) groups excluding carboxylic acids is 1. The summed E-state index contributed by atoms with van der Waals surface area (Å²) in [5.41, 5.74) is 3.52. The minimum atomic E-state index is -1.51. The molecule has 0 saturated heterocycles. The summed E-state index contributed by atoms with van der Waals surface area (Å²) in [4.78, 5) is 12.9. The van der Waals surface area contributed by atoms with Gasteiger partial charge >= 0.3 is 130 Å². The van der Waals surface area contributed by atoms with Gasteiger partial charge in [-0.3, -0.25) is 0 Å². The maximum atomic E-state index is 12.9. The van der Waals surface area contributed by atoms with Crippen molar-refractivity contribution in [1.29, 1.82) is 0 Å². The summed E-state index contributed by atoms with van der Waals surface area (Å²) in [6, 6.07) is 6.17. The van der Waals surface area contributed by atoms with E-state index in [1.165, 1.54) is 18.5 Å². The number of amides is 1. The fraction of sp³-hybridized carbons (Fsp3) is 0.611. The molecule has 0 bridgehead atoms. The molecule has 0 aromatic heterocycles. The zero-order valence-corrected chi connectivity index (χ0v) is 15.5. The van der Waals surface area contributed by atoms with Crippen molar-refractivity contribution in [2.45, 2.75) is 53.6 Å². The Bertz CT molecular complexity index is 452. The van der Waals surface area contributed by atoms with Crippen LogP contribution in [0.15, 0.2) is 18.2 Å². The molecule has 3 heteroatoms. The van der Waals surface area contributed by atoms with Crippen LogP contribution < -0.4 is 5.32 Å². The van der Waals surface area contributed by atoms with Crippen molar-refractivity contribution in [1.82, 2.24) is 0 Å². The molecule has 0 fully saturated rings. The fourth-order valence-electron chi connectivity index (χ4n) is 3.61. The van der Waals surface area contributed by atoms with Crippen LogP contribution in [0.4, 0.5) is 5.69 Å². The number of carbonyl (C=O) groups is 1. The Morgan fingerprint density at radius 3 is 1.90 bits per heavy atom. The van der Waals surface area contributed by atoms with Crippen molar-refractivity contribution in [3.05, 3.63) is 29.3 Å². The molecule has 0 heterocycles. The van der Waals surface area contributed by atoms with Gasteiger partial charge < -0.3 is 0 Å². The number of hydrogen-bond acceptors (Lipinski definition) is 1. The summed E-state index contributed by atoms with van der Waals surface area (Å²) in [6.07, 6.45) is 4.54. The Kier molecular flexibility index (Phi) is 6.87. The molecular formula is C18H32NOP. The van der Waals surface area contributed by atoms with E-state index in [0.717, 1.165) is 23.2 Å². The molecule has 0 radical (unpaired) electrons. The summed E-state index contributed by atoms with van der Waals surface area (Å²) < 4.78 is 0. The Hall–Kier alpha value is -0.880. The van der Waals surface area contributed by atoms with Crippen LogP contribution in [0.2, 0.25) is 0 Å². The molecule has 1 rings (SSSR count). The Labute approximate surface area is 131 Å². The molecule has 1 aromatic carbocycles. The van der Waals surface area contributed by atoms with E-state index >= 15 is 0 Å². The van der Waals surface area contributed by atoms with Gasteiger partial charge in [-0.05, 0) is 0 Å². The first-order valence-electron chi connectivity index (χ1n) is 8.32. The van der Waals surface area contributed by atoms with Crippen LogP contribution >= 0.6 is 7.26 Å². The molecule has 0 aliphatic carbocycles. The number of aryl methyl sites for hydroxylation is 2. The second-order valence-corrected chi connectivity index (χ2v) is 11.7. The number of benzene rings is 1. The van der Waals surface area contributed by atoms with Gasteiger partial charge in [0.2, 0.25) is 0 Å². The molecular weight excluding hydrogens is 277 g/mol. The van der Waals surface area contributed by atoms with Gasteiger partial charge in [-0.2, -0.15) is 0 Å². The predicted octanol–water partition coefficient (Wildman–Crippen LogP) is 4.83. The number of para-hydroxylation sites is 1. The molecule has 0 saturated carbocycles. The number of hydrogen-bond donors (Lipinski definition) is 1. The Balaban J connectivity index is 3.05. The van der Waals surface area contributed by atoms with Crippen molar-refractivity contribution in [2.75, 3.05) is 23.8 Å². The third-order valence-corrected chi connectivity index (χ3v) is 11.7. The SMILES string of the molecule is CCC(C(=O)Nc1c(C)cccc1C)[PH](CC)(CC)CC. The normalized spacial score (nSPS) is 13.8. The van der Waals surface area contributed by atoms with Crippen molar-refractivity contribution >= 4 is 18.9 Å². The van der Waals surface area contributed by atoms with Crippen molar-refractivity contribution < 1.29 is 4.79 Å². The maximum absolute atomic E-state index is 12.9. The fourth-order valence-corrected chi connectivity index (χ4v) is 8.08. The number of anilines is 1. The average Bonchev–Trinajstić information content (AvgIpc) is 2.48. The third-order valence-electron chi connectivity index (χ3n) is 5.31. The van der Waals surface area contributed by atoms with E-state index in [2.05, 4.69) is 59.0 Å². The van der Waals surface area contributed by atoms with Crippen LogP contribution in [-0.2, 0) is 4.79 Å². The summed E-state index contributed by atoms with van der Waals surface area (Å²) in [6.45, 7) is 13.1. The first-order valence-corrected chi connectivity index (χ1v) is 11.0. The standard InChI is InChI=1S/C18H32NOP/c1-7-16(21(8-2,9-3)10-4)18(20)19-17-14(5)12-11-13-15(17)6/h11-13,16,21H,7-10H2,1-6H3,(H,19,20). The van der Waals surface area contributed by atoms with E-state index in [4.69, 9.17) is 0 Å². The van der Waals surface area contributed by atoms with Gasteiger partial charge in [0.25, 0.3) is 0 Å². The molecule has 21 heavy (non-hydrogen) atoms. The predicted molar refractivity (Wildman–Crippen MR) is 98.6 cm³/mol. The molecule has 1 aromatic rings.